The van der Waals surface area contributed by atoms with E-state index in [0.717, 1.165) is 19.3 Å². The van der Waals surface area contributed by atoms with Gasteiger partial charge in [0, 0.05) is 18.6 Å². The normalized spacial score (nSPS) is 31.4. The Kier molecular flexibility index (Phi) is 6.18. The summed E-state index contributed by atoms with van der Waals surface area (Å²) in [6.45, 7) is 0.711. The molecule has 10 heteroatoms. The number of benzene rings is 1. The third-order valence-corrected chi connectivity index (χ3v) is 9.77. The average molecular weight is 497 g/mol. The molecule has 8 nitrogen and oxygen atoms in total. The maximum Gasteiger partial charge on any atom is 0.340 e. The molecule has 1 amide bonds. The van der Waals surface area contributed by atoms with Gasteiger partial charge in [-0.05, 0) is 74.5 Å². The Labute approximate surface area is 199 Å². The molecule has 4 aliphatic carbocycles. The van der Waals surface area contributed by atoms with E-state index < -0.39 is 22.6 Å². The number of esters is 1. The van der Waals surface area contributed by atoms with E-state index in [4.69, 9.17) is 21.1 Å². The summed E-state index contributed by atoms with van der Waals surface area (Å²) in [5, 5.41) is 3.23. The fourth-order valence-electron chi connectivity index (χ4n) is 6.56. The lowest BCUT2D eigenvalue weighted by atomic mass is 9.53. The SMILES string of the molecule is O=C(COC(=O)c1cc(S(=O)(=O)N2CCOCC2)ccc1Cl)NC12CC3CC(CC(C3)C1)C2. The number of carbonyl (C=O) groups is 2. The second kappa shape index (κ2) is 8.83. The lowest BCUT2D eigenvalue weighted by molar-refractivity contribution is -0.130. The van der Waals surface area contributed by atoms with Crippen LogP contribution in [0, 0.1) is 17.8 Å². The molecule has 6 rings (SSSR count). The summed E-state index contributed by atoms with van der Waals surface area (Å²) >= 11 is 6.16. The summed E-state index contributed by atoms with van der Waals surface area (Å²) in [6, 6.07) is 3.94. The number of carbonyl (C=O) groups excluding carboxylic acids is 2. The molecule has 4 saturated carbocycles. The highest BCUT2D eigenvalue weighted by atomic mass is 35.5. The molecule has 1 aliphatic heterocycles. The Morgan fingerprint density at radius 3 is 2.30 bits per heavy atom. The van der Waals surface area contributed by atoms with Crippen molar-refractivity contribution in [3.63, 3.8) is 0 Å². The molecule has 4 bridgehead atoms. The molecule has 1 aromatic rings. The van der Waals surface area contributed by atoms with E-state index in [2.05, 4.69) is 5.32 Å². The fraction of sp³-hybridized carbons (Fsp3) is 0.652. The lowest BCUT2D eigenvalue weighted by Gasteiger charge is -2.56. The molecule has 0 unspecified atom stereocenters. The summed E-state index contributed by atoms with van der Waals surface area (Å²) in [5.41, 5.74) is -0.240. The van der Waals surface area contributed by atoms with E-state index >= 15 is 0 Å². The van der Waals surface area contributed by atoms with Crippen molar-refractivity contribution in [1.29, 1.82) is 0 Å². The van der Waals surface area contributed by atoms with E-state index in [1.54, 1.807) is 0 Å². The standard InChI is InChI=1S/C23H29ClN2O6S/c24-20-2-1-18(33(29,30)26-3-5-31-6-4-26)10-19(20)22(28)32-14-21(27)25-23-11-15-7-16(12-23)9-17(8-15)13-23/h1-2,10,15-17H,3-9,11-14H2,(H,25,27). The molecule has 0 spiro atoms. The van der Waals surface area contributed by atoms with Crippen LogP contribution in [0.4, 0.5) is 0 Å². The van der Waals surface area contributed by atoms with Gasteiger partial charge in [0.2, 0.25) is 10.0 Å². The molecule has 1 heterocycles. The molecule has 1 N–H and O–H groups in total. The van der Waals surface area contributed by atoms with Crippen LogP contribution in [-0.4, -0.2) is 63.0 Å². The molecule has 5 fully saturated rings. The van der Waals surface area contributed by atoms with Gasteiger partial charge in [-0.2, -0.15) is 4.31 Å². The Morgan fingerprint density at radius 2 is 1.70 bits per heavy atom. The number of nitrogens with zero attached hydrogens (tertiary/aromatic N) is 1. The zero-order valence-corrected chi connectivity index (χ0v) is 20.0. The van der Waals surface area contributed by atoms with Crippen LogP contribution in [-0.2, 0) is 24.3 Å². The van der Waals surface area contributed by atoms with E-state index in [1.807, 2.05) is 0 Å². The van der Waals surface area contributed by atoms with Crippen molar-refractivity contribution in [2.75, 3.05) is 32.9 Å². The molecule has 1 aromatic carbocycles. The van der Waals surface area contributed by atoms with Gasteiger partial charge in [-0.3, -0.25) is 4.79 Å². The predicted octanol–water partition coefficient (Wildman–Crippen LogP) is 2.60. The number of morpholine rings is 1. The largest absolute Gasteiger partial charge is 0.452 e. The number of rotatable bonds is 6. The fourth-order valence-corrected chi connectivity index (χ4v) is 8.19. The maximum atomic E-state index is 12.9. The Bertz CT molecular complexity index is 1020. The van der Waals surface area contributed by atoms with Crippen molar-refractivity contribution in [3.8, 4) is 0 Å². The summed E-state index contributed by atoms with van der Waals surface area (Å²) in [6.07, 6.45) is 6.83. The molecule has 0 atom stereocenters. The first-order chi connectivity index (χ1) is 15.7. The van der Waals surface area contributed by atoms with Crippen LogP contribution in [0.3, 0.4) is 0 Å². The number of amides is 1. The number of ether oxygens (including phenoxy) is 2. The van der Waals surface area contributed by atoms with Crippen LogP contribution in [0.5, 0.6) is 0 Å². The molecule has 0 aromatic heterocycles. The zero-order valence-electron chi connectivity index (χ0n) is 18.4. The first kappa shape index (κ1) is 23.1. The Hall–Kier alpha value is -1.68. The Balaban J connectivity index is 1.23. The predicted molar refractivity (Wildman–Crippen MR) is 120 cm³/mol. The number of hydrogen-bond acceptors (Lipinski definition) is 6. The second-order valence-corrected chi connectivity index (χ2v) is 12.3. The minimum atomic E-state index is -3.79. The van der Waals surface area contributed by atoms with Crippen molar-refractivity contribution in [3.05, 3.63) is 28.8 Å². The lowest BCUT2D eigenvalue weighted by Crippen LogP contribution is -2.60. The smallest absolute Gasteiger partial charge is 0.340 e. The van der Waals surface area contributed by atoms with Crippen LogP contribution < -0.4 is 5.32 Å². The minimum Gasteiger partial charge on any atom is -0.452 e. The molecule has 1 saturated heterocycles. The maximum absolute atomic E-state index is 12.9. The van der Waals surface area contributed by atoms with Gasteiger partial charge in [0.25, 0.3) is 5.91 Å². The molecule has 5 aliphatic rings. The van der Waals surface area contributed by atoms with Gasteiger partial charge in [0.05, 0.1) is 28.7 Å². The summed E-state index contributed by atoms with van der Waals surface area (Å²) < 4.78 is 37.6. The van der Waals surface area contributed by atoms with Gasteiger partial charge in [0.15, 0.2) is 6.61 Å². The van der Waals surface area contributed by atoms with E-state index in [-0.39, 0.29) is 40.0 Å². The van der Waals surface area contributed by atoms with Crippen molar-refractivity contribution in [2.24, 2.45) is 17.8 Å². The van der Waals surface area contributed by atoms with Gasteiger partial charge in [0.1, 0.15) is 0 Å². The van der Waals surface area contributed by atoms with Gasteiger partial charge in [-0.25, -0.2) is 13.2 Å². The monoisotopic (exact) mass is 496 g/mol. The number of halogens is 1. The van der Waals surface area contributed by atoms with Crippen LogP contribution in [0.15, 0.2) is 23.1 Å². The molecule has 0 radical (unpaired) electrons. The molecule has 180 valence electrons. The van der Waals surface area contributed by atoms with Gasteiger partial charge in [-0.15, -0.1) is 0 Å². The van der Waals surface area contributed by atoms with Crippen LogP contribution in [0.1, 0.15) is 48.9 Å². The van der Waals surface area contributed by atoms with Crippen molar-refractivity contribution >= 4 is 33.5 Å². The third kappa shape index (κ3) is 4.65. The molecular formula is C23H29ClN2O6S. The van der Waals surface area contributed by atoms with Gasteiger partial charge in [-0.1, -0.05) is 11.6 Å². The number of hydrogen-bond donors (Lipinski definition) is 1. The number of nitrogens with one attached hydrogen (secondary N) is 1. The van der Waals surface area contributed by atoms with Gasteiger partial charge < -0.3 is 14.8 Å². The zero-order chi connectivity index (χ0) is 23.2. The highest BCUT2D eigenvalue weighted by molar-refractivity contribution is 7.89. The quantitative estimate of drug-likeness (QED) is 0.607. The van der Waals surface area contributed by atoms with Crippen molar-refractivity contribution < 1.29 is 27.5 Å². The summed E-state index contributed by atoms with van der Waals surface area (Å²) in [7, 11) is -3.79. The van der Waals surface area contributed by atoms with Crippen LogP contribution in [0.2, 0.25) is 5.02 Å². The van der Waals surface area contributed by atoms with Crippen LogP contribution >= 0.6 is 11.6 Å². The van der Waals surface area contributed by atoms with E-state index in [1.165, 1.54) is 41.8 Å². The van der Waals surface area contributed by atoms with Crippen LogP contribution in [0.25, 0.3) is 0 Å². The highest BCUT2D eigenvalue weighted by Crippen LogP contribution is 2.55. The topological polar surface area (TPSA) is 102 Å². The third-order valence-electron chi connectivity index (χ3n) is 7.54. The number of sulfonamides is 1. The highest BCUT2D eigenvalue weighted by Gasteiger charge is 2.51. The van der Waals surface area contributed by atoms with Crippen molar-refractivity contribution in [2.45, 2.75) is 49.0 Å². The van der Waals surface area contributed by atoms with Gasteiger partial charge >= 0.3 is 5.97 Å². The minimum absolute atomic E-state index is 0.0428. The van der Waals surface area contributed by atoms with Crippen molar-refractivity contribution in [1.82, 2.24) is 9.62 Å². The molecular weight excluding hydrogens is 468 g/mol. The summed E-state index contributed by atoms with van der Waals surface area (Å²) in [4.78, 5) is 25.3. The van der Waals surface area contributed by atoms with E-state index in [0.29, 0.717) is 31.0 Å². The Morgan fingerprint density at radius 1 is 1.09 bits per heavy atom. The summed E-state index contributed by atoms with van der Waals surface area (Å²) in [5.74, 6) is 0.926. The molecule has 33 heavy (non-hydrogen) atoms. The second-order valence-electron chi connectivity index (χ2n) is 9.98. The average Bonchev–Trinajstić information content (AvgIpc) is 2.77. The van der Waals surface area contributed by atoms with E-state index in [9.17, 15) is 18.0 Å². The first-order valence-electron chi connectivity index (χ1n) is 11.6. The first-order valence-corrected chi connectivity index (χ1v) is 13.4.